The van der Waals surface area contributed by atoms with Crippen LogP contribution in [0.2, 0.25) is 0 Å². The van der Waals surface area contributed by atoms with Crippen LogP contribution in [0, 0.1) is 0 Å². The van der Waals surface area contributed by atoms with Crippen LogP contribution in [0.25, 0.3) is 15.9 Å². The van der Waals surface area contributed by atoms with Crippen molar-refractivity contribution in [1.29, 1.82) is 0 Å². The molecule has 0 bridgehead atoms. The van der Waals surface area contributed by atoms with Crippen molar-refractivity contribution in [1.82, 2.24) is 9.38 Å². The first-order valence-electron chi connectivity index (χ1n) is 10.6. The summed E-state index contributed by atoms with van der Waals surface area (Å²) in [5.74, 6) is -1.22. The number of carboxylic acid groups (broad SMARTS) is 1. The summed E-state index contributed by atoms with van der Waals surface area (Å²) in [5.41, 5.74) is 1.62. The minimum Gasteiger partial charge on any atom is -0.507 e. The largest absolute Gasteiger partial charge is 0.507 e. The average molecular weight is 481 g/mol. The van der Waals surface area contributed by atoms with E-state index < -0.39 is 11.8 Å². The van der Waals surface area contributed by atoms with Gasteiger partial charge in [-0.25, -0.2) is 4.98 Å². The predicted octanol–water partition coefficient (Wildman–Crippen LogP) is 4.29. The number of hydrogen-bond donors (Lipinski definition) is 2. The van der Waals surface area contributed by atoms with E-state index in [0.717, 1.165) is 31.2 Å². The van der Waals surface area contributed by atoms with Crippen LogP contribution < -0.4 is 5.56 Å². The van der Waals surface area contributed by atoms with Crippen LogP contribution in [0.1, 0.15) is 45.6 Å². The van der Waals surface area contributed by atoms with Crippen molar-refractivity contribution in [2.75, 3.05) is 5.75 Å². The molecule has 3 aromatic heterocycles. The summed E-state index contributed by atoms with van der Waals surface area (Å²) in [6.07, 6.45) is 5.32. The number of fused-ring (bicyclic) bond motifs is 4. The highest BCUT2D eigenvalue weighted by molar-refractivity contribution is 7.99. The lowest BCUT2D eigenvalue weighted by Gasteiger charge is -2.12. The van der Waals surface area contributed by atoms with Gasteiger partial charge in [0, 0.05) is 22.4 Å². The fourth-order valence-corrected chi connectivity index (χ4v) is 6.42. The second kappa shape index (κ2) is 8.64. The van der Waals surface area contributed by atoms with Crippen LogP contribution in [0.15, 0.2) is 46.2 Å². The van der Waals surface area contributed by atoms with Crippen LogP contribution in [-0.2, 0) is 17.6 Å². The first-order chi connectivity index (χ1) is 15.9. The zero-order valence-corrected chi connectivity index (χ0v) is 19.2. The molecule has 5 rings (SSSR count). The average Bonchev–Trinajstić information content (AvgIpc) is 3.18. The molecule has 1 aliphatic carbocycles. The van der Waals surface area contributed by atoms with Gasteiger partial charge < -0.3 is 10.2 Å². The van der Waals surface area contributed by atoms with Crippen LogP contribution in [0.5, 0.6) is 5.75 Å². The summed E-state index contributed by atoms with van der Waals surface area (Å²) in [4.78, 5) is 45.1. The number of nitrogens with zero attached hydrogens (tertiary/aromatic N) is 2. The number of aryl methyl sites for hydroxylation is 2. The summed E-state index contributed by atoms with van der Waals surface area (Å²) in [5, 5.41) is 19.8. The van der Waals surface area contributed by atoms with E-state index in [-0.39, 0.29) is 34.6 Å². The number of hydrogen-bond acceptors (Lipinski definition) is 7. The number of aromatic hydroxyl groups is 1. The molecule has 0 atom stereocenters. The molecule has 0 amide bonds. The zero-order valence-electron chi connectivity index (χ0n) is 17.5. The Hall–Kier alpha value is -3.17. The van der Waals surface area contributed by atoms with Gasteiger partial charge in [-0.1, -0.05) is 12.1 Å². The lowest BCUT2D eigenvalue weighted by Crippen LogP contribution is -2.18. The third-order valence-electron chi connectivity index (χ3n) is 5.78. The van der Waals surface area contributed by atoms with Gasteiger partial charge in [-0.3, -0.25) is 18.8 Å². The lowest BCUT2D eigenvalue weighted by molar-refractivity contribution is -0.136. The molecule has 0 spiro atoms. The molecule has 9 heteroatoms. The monoisotopic (exact) mass is 480 g/mol. The van der Waals surface area contributed by atoms with Gasteiger partial charge in [0.25, 0.3) is 5.56 Å². The normalized spacial score (nSPS) is 13.3. The Morgan fingerprint density at radius 1 is 1.18 bits per heavy atom. The van der Waals surface area contributed by atoms with Gasteiger partial charge >= 0.3 is 5.97 Å². The maximum atomic E-state index is 13.6. The maximum Gasteiger partial charge on any atom is 0.304 e. The van der Waals surface area contributed by atoms with Crippen molar-refractivity contribution < 1.29 is 19.8 Å². The minimum absolute atomic E-state index is 0.0613. The lowest BCUT2D eigenvalue weighted by atomic mass is 9.97. The predicted molar refractivity (Wildman–Crippen MR) is 128 cm³/mol. The molecular weight excluding hydrogens is 460 g/mol. The van der Waals surface area contributed by atoms with Crippen molar-refractivity contribution >= 4 is 50.7 Å². The first-order valence-corrected chi connectivity index (χ1v) is 12.4. The second-order valence-electron chi connectivity index (χ2n) is 7.93. The number of para-hydroxylation sites is 1. The molecule has 0 unspecified atom stereocenters. The smallest absolute Gasteiger partial charge is 0.304 e. The number of carboxylic acids is 1. The third kappa shape index (κ3) is 3.91. The van der Waals surface area contributed by atoms with E-state index in [2.05, 4.69) is 0 Å². The van der Waals surface area contributed by atoms with Crippen molar-refractivity contribution in [2.45, 2.75) is 37.0 Å². The van der Waals surface area contributed by atoms with Gasteiger partial charge in [-0.05, 0) is 49.4 Å². The quantitative estimate of drug-likeness (QED) is 0.313. The van der Waals surface area contributed by atoms with E-state index in [1.54, 1.807) is 29.5 Å². The van der Waals surface area contributed by atoms with E-state index >= 15 is 0 Å². The number of aliphatic carboxylic acids is 1. The van der Waals surface area contributed by atoms with Gasteiger partial charge in [0.2, 0.25) is 0 Å². The molecule has 7 nitrogen and oxygen atoms in total. The van der Waals surface area contributed by atoms with Crippen molar-refractivity contribution in [3.8, 4) is 5.75 Å². The molecule has 0 fully saturated rings. The van der Waals surface area contributed by atoms with Gasteiger partial charge in [-0.15, -0.1) is 23.1 Å². The van der Waals surface area contributed by atoms with Crippen molar-refractivity contribution in [3.05, 3.63) is 68.4 Å². The van der Waals surface area contributed by atoms with Crippen LogP contribution in [-0.4, -0.2) is 37.1 Å². The molecule has 33 heavy (non-hydrogen) atoms. The molecule has 3 heterocycles. The molecule has 1 aliphatic rings. The standard InChI is InChI=1S/C24H20N2O5S2/c27-16-7-3-1-5-14(16)21(30)13-11-18(32-10-9-19(28)29)22-25-23-20(24(31)26(22)12-13)15-6-2-4-8-17(15)33-23/h1,3,5,7,11-12,27H,2,4,6,8-10H2,(H,28,29). The molecule has 4 aromatic rings. The Morgan fingerprint density at radius 3 is 2.76 bits per heavy atom. The number of carbonyl (C=O) groups excluding carboxylic acids is 1. The number of carbonyl (C=O) groups is 2. The van der Waals surface area contributed by atoms with Crippen molar-refractivity contribution in [2.24, 2.45) is 0 Å². The molecule has 0 radical (unpaired) electrons. The SMILES string of the molecule is O=C(O)CCSc1cc(C(=O)c2ccccc2O)cn2c(=O)c3c4c(sc3nc12)CCCC4. The molecule has 0 saturated heterocycles. The van der Waals surface area contributed by atoms with E-state index in [1.807, 2.05) is 0 Å². The van der Waals surface area contributed by atoms with E-state index in [9.17, 15) is 19.5 Å². The Kier molecular flexibility index (Phi) is 5.67. The number of phenolic OH excluding ortho intramolecular Hbond substituents is 1. The summed E-state index contributed by atoms with van der Waals surface area (Å²) < 4.78 is 1.40. The second-order valence-corrected chi connectivity index (χ2v) is 10.2. The fourth-order valence-electron chi connectivity index (χ4n) is 4.19. The van der Waals surface area contributed by atoms with E-state index in [4.69, 9.17) is 10.1 Å². The molecule has 0 aliphatic heterocycles. The van der Waals surface area contributed by atoms with Crippen LogP contribution in [0.4, 0.5) is 0 Å². The van der Waals surface area contributed by atoms with E-state index in [1.165, 1.54) is 39.4 Å². The Balaban J connectivity index is 1.73. The van der Waals surface area contributed by atoms with Gasteiger partial charge in [-0.2, -0.15) is 0 Å². The topological polar surface area (TPSA) is 109 Å². The highest BCUT2D eigenvalue weighted by Gasteiger charge is 2.23. The molecule has 168 valence electrons. The number of phenols is 1. The first kappa shape index (κ1) is 21.7. The fraction of sp³-hybridized carbons (Fsp3) is 0.250. The Morgan fingerprint density at radius 2 is 1.97 bits per heavy atom. The van der Waals surface area contributed by atoms with Gasteiger partial charge in [0.05, 0.1) is 22.3 Å². The Labute approximate surface area is 196 Å². The van der Waals surface area contributed by atoms with Gasteiger partial charge in [0.1, 0.15) is 10.6 Å². The molecule has 2 N–H and O–H groups in total. The number of ketones is 1. The number of thioether (sulfide) groups is 1. The summed E-state index contributed by atoms with van der Waals surface area (Å²) in [7, 11) is 0. The molecular formula is C24H20N2O5S2. The highest BCUT2D eigenvalue weighted by Crippen LogP contribution is 2.35. The third-order valence-corrected chi connectivity index (χ3v) is 7.99. The number of aromatic nitrogens is 2. The number of pyridine rings is 1. The van der Waals surface area contributed by atoms with Gasteiger partial charge in [0.15, 0.2) is 11.4 Å². The minimum atomic E-state index is -0.924. The highest BCUT2D eigenvalue weighted by atomic mass is 32.2. The summed E-state index contributed by atoms with van der Waals surface area (Å²) >= 11 is 2.80. The number of benzene rings is 1. The molecule has 0 saturated carbocycles. The summed E-state index contributed by atoms with van der Waals surface area (Å²) in [6, 6.07) is 7.88. The maximum absolute atomic E-state index is 13.6. The number of thiophene rings is 1. The van der Waals surface area contributed by atoms with Crippen molar-refractivity contribution in [3.63, 3.8) is 0 Å². The number of rotatable bonds is 6. The molecule has 1 aromatic carbocycles. The van der Waals surface area contributed by atoms with Crippen LogP contribution >= 0.6 is 23.1 Å². The Bertz CT molecular complexity index is 1490. The van der Waals surface area contributed by atoms with Crippen LogP contribution in [0.3, 0.4) is 0 Å². The van der Waals surface area contributed by atoms with E-state index in [0.29, 0.717) is 20.8 Å². The summed E-state index contributed by atoms with van der Waals surface area (Å²) in [6.45, 7) is 0. The zero-order chi connectivity index (χ0) is 23.1.